The third-order valence-corrected chi connectivity index (χ3v) is 1.81. The zero-order valence-corrected chi connectivity index (χ0v) is 7.67. The van der Waals surface area contributed by atoms with Gasteiger partial charge in [0.1, 0.15) is 0 Å². The molecule has 0 saturated heterocycles. The molecule has 1 aromatic rings. The van der Waals surface area contributed by atoms with Crippen LogP contribution in [0.25, 0.3) is 0 Å². The van der Waals surface area contributed by atoms with Crippen LogP contribution in [0, 0.1) is 0 Å². The van der Waals surface area contributed by atoms with Crippen molar-refractivity contribution in [2.75, 3.05) is 6.61 Å². The Morgan fingerprint density at radius 2 is 2.55 bits per heavy atom. The molecule has 0 amide bonds. The summed E-state index contributed by atoms with van der Waals surface area (Å²) in [4.78, 5) is 11.0. The van der Waals surface area contributed by atoms with Gasteiger partial charge in [-0.25, -0.2) is 9.36 Å². The third-order valence-electron chi connectivity index (χ3n) is 1.16. The van der Waals surface area contributed by atoms with E-state index in [0.717, 1.165) is 0 Å². The van der Waals surface area contributed by atoms with Crippen molar-refractivity contribution in [2.24, 2.45) is 0 Å². The van der Waals surface area contributed by atoms with Crippen LogP contribution >= 0.6 is 15.9 Å². The van der Waals surface area contributed by atoms with Gasteiger partial charge in [-0.3, -0.25) is 0 Å². The molecule has 0 atom stereocenters. The number of hydrogen-bond acceptors (Lipinski definition) is 2. The summed E-state index contributed by atoms with van der Waals surface area (Å²) in [5.74, 6) is 0. The van der Waals surface area contributed by atoms with Crippen LogP contribution in [-0.2, 0) is 4.74 Å². The number of hydrogen-bond donors (Lipinski definition) is 0. The van der Waals surface area contributed by atoms with E-state index in [9.17, 15) is 4.79 Å². The van der Waals surface area contributed by atoms with Crippen molar-refractivity contribution in [3.05, 3.63) is 22.9 Å². The van der Waals surface area contributed by atoms with Crippen LogP contribution in [0.1, 0.15) is 6.92 Å². The molecule has 11 heavy (non-hydrogen) atoms. The first-order chi connectivity index (χ1) is 5.25. The van der Waals surface area contributed by atoms with Crippen LogP contribution in [0.2, 0.25) is 0 Å². The molecule has 0 spiro atoms. The monoisotopic (exact) mass is 217 g/mol. The molecule has 3 nitrogen and oxygen atoms in total. The Bertz CT molecular complexity index is 257. The fraction of sp³-hybridized carbons (Fsp3) is 0.286. The molecule has 0 fully saturated rings. The van der Waals surface area contributed by atoms with Gasteiger partial charge in [-0.1, -0.05) is 0 Å². The van der Waals surface area contributed by atoms with Crippen molar-refractivity contribution in [1.82, 2.24) is 4.57 Å². The number of nitrogens with zero attached hydrogens (tertiary/aromatic N) is 1. The maximum absolute atomic E-state index is 11.0. The van der Waals surface area contributed by atoms with E-state index in [4.69, 9.17) is 4.74 Å². The highest BCUT2D eigenvalue weighted by molar-refractivity contribution is 9.10. The lowest BCUT2D eigenvalue weighted by Crippen LogP contribution is -2.12. The molecule has 0 bridgehead atoms. The van der Waals surface area contributed by atoms with Gasteiger partial charge in [0, 0.05) is 6.20 Å². The van der Waals surface area contributed by atoms with Crippen LogP contribution in [0.15, 0.2) is 22.9 Å². The minimum Gasteiger partial charge on any atom is -0.449 e. The Balaban J connectivity index is 2.76. The average Bonchev–Trinajstić information content (AvgIpc) is 2.36. The Morgan fingerprint density at radius 3 is 3.00 bits per heavy atom. The molecule has 0 saturated carbocycles. The molecule has 60 valence electrons. The summed E-state index contributed by atoms with van der Waals surface area (Å²) in [7, 11) is 0. The quantitative estimate of drug-likeness (QED) is 0.723. The molecule has 0 aromatic carbocycles. The molecule has 1 rings (SSSR count). The molecular weight excluding hydrogens is 210 g/mol. The van der Waals surface area contributed by atoms with Crippen molar-refractivity contribution >= 4 is 22.0 Å². The van der Waals surface area contributed by atoms with Crippen LogP contribution in [0.4, 0.5) is 4.79 Å². The largest absolute Gasteiger partial charge is 0.449 e. The van der Waals surface area contributed by atoms with Crippen molar-refractivity contribution in [1.29, 1.82) is 0 Å². The summed E-state index contributed by atoms with van der Waals surface area (Å²) in [6, 6.07) is 3.54. The molecule has 4 heteroatoms. The third kappa shape index (κ3) is 1.83. The second-order valence-electron chi connectivity index (χ2n) is 1.90. The second kappa shape index (κ2) is 3.57. The first-order valence-corrected chi connectivity index (χ1v) is 4.05. The zero-order valence-electron chi connectivity index (χ0n) is 6.08. The summed E-state index contributed by atoms with van der Waals surface area (Å²) in [6.07, 6.45) is 1.28. The summed E-state index contributed by atoms with van der Waals surface area (Å²) >= 11 is 3.20. The molecule has 0 radical (unpaired) electrons. The highest BCUT2D eigenvalue weighted by Gasteiger charge is 2.05. The highest BCUT2D eigenvalue weighted by Crippen LogP contribution is 2.10. The van der Waals surface area contributed by atoms with E-state index in [1.807, 2.05) is 0 Å². The minimum atomic E-state index is -0.357. The predicted octanol–water partition coefficient (Wildman–Crippen LogP) is 2.26. The molecule has 0 aliphatic rings. The van der Waals surface area contributed by atoms with E-state index in [1.165, 1.54) is 4.57 Å². The predicted molar refractivity (Wildman–Crippen MR) is 44.6 cm³/mol. The first-order valence-electron chi connectivity index (χ1n) is 3.25. The van der Waals surface area contributed by atoms with Crippen molar-refractivity contribution in [2.45, 2.75) is 6.92 Å². The van der Waals surface area contributed by atoms with Gasteiger partial charge in [-0.05, 0) is 35.0 Å². The normalized spacial score (nSPS) is 9.64. The number of ether oxygens (including phenoxy) is 1. The highest BCUT2D eigenvalue weighted by atomic mass is 79.9. The summed E-state index contributed by atoms with van der Waals surface area (Å²) < 4.78 is 6.86. The maximum Gasteiger partial charge on any atom is 0.418 e. The van der Waals surface area contributed by atoms with E-state index < -0.39 is 0 Å². The Kier molecular flexibility index (Phi) is 2.70. The van der Waals surface area contributed by atoms with Crippen molar-refractivity contribution in [3.63, 3.8) is 0 Å². The standard InChI is InChI=1S/C7H8BrNO2/c1-2-11-7(10)9-5-3-4-6(9)8/h3-5H,2H2,1H3. The van der Waals surface area contributed by atoms with Crippen LogP contribution < -0.4 is 0 Å². The topological polar surface area (TPSA) is 31.2 Å². The SMILES string of the molecule is CCOC(=O)n1cccc1Br. The number of carbonyl (C=O) groups is 1. The molecular formula is C7H8BrNO2. The van der Waals surface area contributed by atoms with E-state index in [0.29, 0.717) is 11.2 Å². The molecule has 0 unspecified atom stereocenters. The summed E-state index contributed by atoms with van der Waals surface area (Å²) in [5, 5.41) is 0. The van der Waals surface area contributed by atoms with Gasteiger partial charge >= 0.3 is 6.09 Å². The lowest BCUT2D eigenvalue weighted by Gasteiger charge is -2.02. The molecule has 1 aromatic heterocycles. The Hall–Kier alpha value is -0.770. The van der Waals surface area contributed by atoms with Gasteiger partial charge < -0.3 is 4.74 Å². The van der Waals surface area contributed by atoms with E-state index in [-0.39, 0.29) is 6.09 Å². The summed E-state index contributed by atoms with van der Waals surface area (Å²) in [5.41, 5.74) is 0. The first kappa shape index (κ1) is 8.33. The minimum absolute atomic E-state index is 0.357. The van der Waals surface area contributed by atoms with Gasteiger partial charge in [0.05, 0.1) is 11.2 Å². The number of rotatable bonds is 1. The lowest BCUT2D eigenvalue weighted by molar-refractivity contribution is 0.153. The van der Waals surface area contributed by atoms with Crippen LogP contribution in [-0.4, -0.2) is 17.3 Å². The fourth-order valence-electron chi connectivity index (χ4n) is 0.701. The molecule has 0 aliphatic heterocycles. The number of carbonyl (C=O) groups excluding carboxylic acids is 1. The van der Waals surface area contributed by atoms with Crippen molar-refractivity contribution < 1.29 is 9.53 Å². The van der Waals surface area contributed by atoms with Gasteiger partial charge in [0.2, 0.25) is 0 Å². The van der Waals surface area contributed by atoms with Crippen LogP contribution in [0.5, 0.6) is 0 Å². The van der Waals surface area contributed by atoms with E-state index >= 15 is 0 Å². The molecule has 0 N–H and O–H groups in total. The second-order valence-corrected chi connectivity index (χ2v) is 2.71. The van der Waals surface area contributed by atoms with Crippen molar-refractivity contribution in [3.8, 4) is 0 Å². The Labute approximate surface area is 73.1 Å². The fourth-order valence-corrected chi connectivity index (χ4v) is 1.12. The van der Waals surface area contributed by atoms with E-state index in [1.54, 1.807) is 25.3 Å². The van der Waals surface area contributed by atoms with Gasteiger partial charge in [-0.15, -0.1) is 0 Å². The number of aromatic nitrogens is 1. The molecule has 1 heterocycles. The maximum atomic E-state index is 11.0. The number of halogens is 1. The Morgan fingerprint density at radius 1 is 1.82 bits per heavy atom. The van der Waals surface area contributed by atoms with Crippen LogP contribution in [0.3, 0.4) is 0 Å². The average molecular weight is 218 g/mol. The van der Waals surface area contributed by atoms with Gasteiger partial charge in [-0.2, -0.15) is 0 Å². The lowest BCUT2D eigenvalue weighted by atomic mass is 10.7. The van der Waals surface area contributed by atoms with Gasteiger partial charge in [0.15, 0.2) is 0 Å². The van der Waals surface area contributed by atoms with E-state index in [2.05, 4.69) is 15.9 Å². The zero-order chi connectivity index (χ0) is 8.27. The smallest absolute Gasteiger partial charge is 0.418 e. The molecule has 0 aliphatic carbocycles. The van der Waals surface area contributed by atoms with Gasteiger partial charge in [0.25, 0.3) is 0 Å². The summed E-state index contributed by atoms with van der Waals surface area (Å²) in [6.45, 7) is 2.17.